The van der Waals surface area contributed by atoms with Gasteiger partial charge in [-0.15, -0.1) is 0 Å². The monoisotopic (exact) mass is 280 g/mol. The van der Waals surface area contributed by atoms with Crippen molar-refractivity contribution in [2.45, 2.75) is 13.8 Å². The normalized spacial score (nSPS) is 9.44. The van der Waals surface area contributed by atoms with Gasteiger partial charge in [-0.2, -0.15) is 0 Å². The maximum Gasteiger partial charge on any atom is 0.154 e. The van der Waals surface area contributed by atoms with E-state index < -0.39 is 0 Å². The van der Waals surface area contributed by atoms with Gasteiger partial charge in [0.1, 0.15) is 5.75 Å². The van der Waals surface area contributed by atoms with Gasteiger partial charge in [-0.25, -0.2) is 0 Å². The van der Waals surface area contributed by atoms with E-state index in [1.54, 1.807) is 6.07 Å². The topological polar surface area (TPSA) is 37.3 Å². The Morgan fingerprint density at radius 2 is 1.81 bits per heavy atom. The molecule has 0 aliphatic carbocycles. The molecule has 0 unspecified atom stereocenters. The molecule has 2 aromatic rings. The summed E-state index contributed by atoms with van der Waals surface area (Å²) >= 11 is 3.32. The molecule has 0 amide bonds. The molecule has 0 aromatic heterocycles. The van der Waals surface area contributed by atoms with Crippen LogP contribution in [0.4, 0.5) is 0 Å². The smallest absolute Gasteiger partial charge is 0.154 e. The molecule has 0 aliphatic heterocycles. The van der Waals surface area contributed by atoms with Crippen LogP contribution in [0.5, 0.6) is 5.75 Å². The number of hydrogen-bond donors (Lipinski definition) is 1. The maximum atomic E-state index is 10.8. The zero-order valence-corrected chi connectivity index (χ0v) is 10.8. The number of phenols is 1. The second kappa shape index (κ2) is 5.66. The summed E-state index contributed by atoms with van der Waals surface area (Å²) in [5.74, 6) is 0.0191. The van der Waals surface area contributed by atoms with Crippen molar-refractivity contribution in [1.29, 1.82) is 0 Å². The molecule has 0 spiro atoms. The standard InChI is InChI=1S/C11H7BrO2.C2H6/c12-8-3-1-7-2-4-11(14)10(6-13)9(7)5-8;1-2/h1-6,14H;1-2H3. The van der Waals surface area contributed by atoms with E-state index in [1.165, 1.54) is 6.07 Å². The molecular formula is C13H13BrO2. The van der Waals surface area contributed by atoms with E-state index in [2.05, 4.69) is 15.9 Å². The van der Waals surface area contributed by atoms with Gasteiger partial charge < -0.3 is 5.11 Å². The summed E-state index contributed by atoms with van der Waals surface area (Å²) < 4.78 is 0.888. The first-order valence-corrected chi connectivity index (χ1v) is 5.88. The first-order chi connectivity index (χ1) is 7.72. The van der Waals surface area contributed by atoms with Gasteiger partial charge in [-0.1, -0.05) is 41.9 Å². The van der Waals surface area contributed by atoms with Crippen LogP contribution in [0, 0.1) is 0 Å². The number of phenolic OH excluding ortho intramolecular Hbond substituents is 1. The maximum absolute atomic E-state index is 10.8. The van der Waals surface area contributed by atoms with Gasteiger partial charge in [0.05, 0.1) is 5.56 Å². The van der Waals surface area contributed by atoms with Crippen LogP contribution in [0.25, 0.3) is 10.8 Å². The van der Waals surface area contributed by atoms with E-state index in [9.17, 15) is 9.90 Å². The zero-order valence-electron chi connectivity index (χ0n) is 9.20. The highest BCUT2D eigenvalue weighted by Crippen LogP contribution is 2.27. The highest BCUT2D eigenvalue weighted by atomic mass is 79.9. The molecule has 1 N–H and O–H groups in total. The molecule has 16 heavy (non-hydrogen) atoms. The van der Waals surface area contributed by atoms with Gasteiger partial charge in [0.2, 0.25) is 0 Å². The molecule has 0 bridgehead atoms. The SMILES string of the molecule is CC.O=Cc1c(O)ccc2ccc(Br)cc12. The van der Waals surface area contributed by atoms with Crippen LogP contribution in [-0.2, 0) is 0 Å². The van der Waals surface area contributed by atoms with E-state index in [0.29, 0.717) is 11.8 Å². The summed E-state index contributed by atoms with van der Waals surface area (Å²) in [5, 5.41) is 11.1. The lowest BCUT2D eigenvalue weighted by Crippen LogP contribution is -1.84. The predicted octanol–water partition coefficient (Wildman–Crippen LogP) is 4.15. The van der Waals surface area contributed by atoms with Gasteiger partial charge in [0, 0.05) is 4.47 Å². The van der Waals surface area contributed by atoms with E-state index >= 15 is 0 Å². The largest absolute Gasteiger partial charge is 0.507 e. The number of halogens is 1. The first-order valence-electron chi connectivity index (χ1n) is 5.09. The Balaban J connectivity index is 0.000000606. The Labute approximate surface area is 103 Å². The minimum absolute atomic E-state index is 0.0191. The fraction of sp³-hybridized carbons (Fsp3) is 0.154. The molecule has 0 heterocycles. The molecule has 2 rings (SSSR count). The van der Waals surface area contributed by atoms with Crippen molar-refractivity contribution in [1.82, 2.24) is 0 Å². The number of hydrogen-bond acceptors (Lipinski definition) is 2. The van der Waals surface area contributed by atoms with Gasteiger partial charge in [0.25, 0.3) is 0 Å². The minimum Gasteiger partial charge on any atom is -0.507 e. The third-order valence-corrected chi connectivity index (χ3v) is 2.61. The van der Waals surface area contributed by atoms with Crippen LogP contribution < -0.4 is 0 Å². The van der Waals surface area contributed by atoms with E-state index in [-0.39, 0.29) is 5.75 Å². The molecule has 0 aliphatic rings. The summed E-state index contributed by atoms with van der Waals surface area (Å²) in [6.45, 7) is 4.00. The number of carbonyl (C=O) groups is 1. The second-order valence-electron chi connectivity index (χ2n) is 2.98. The summed E-state index contributed by atoms with van der Waals surface area (Å²) in [4.78, 5) is 10.8. The van der Waals surface area contributed by atoms with Gasteiger partial charge >= 0.3 is 0 Å². The van der Waals surface area contributed by atoms with Crippen molar-refractivity contribution in [3.05, 3.63) is 40.4 Å². The Kier molecular flexibility index (Phi) is 4.50. The zero-order chi connectivity index (χ0) is 12.1. The van der Waals surface area contributed by atoms with Crippen molar-refractivity contribution in [3.63, 3.8) is 0 Å². The molecular weight excluding hydrogens is 268 g/mol. The minimum atomic E-state index is 0.0191. The number of rotatable bonds is 1. The van der Waals surface area contributed by atoms with Crippen LogP contribution in [0.3, 0.4) is 0 Å². The first kappa shape index (κ1) is 12.7. The summed E-state index contributed by atoms with van der Waals surface area (Å²) in [5.41, 5.74) is 0.337. The molecule has 0 saturated heterocycles. The predicted molar refractivity (Wildman–Crippen MR) is 70.0 cm³/mol. The molecule has 0 saturated carbocycles. The Morgan fingerprint density at radius 3 is 2.44 bits per heavy atom. The van der Waals surface area contributed by atoms with Crippen LogP contribution >= 0.6 is 15.9 Å². The average molecular weight is 281 g/mol. The van der Waals surface area contributed by atoms with Crippen LogP contribution in [-0.4, -0.2) is 11.4 Å². The van der Waals surface area contributed by atoms with Crippen LogP contribution in [0.15, 0.2) is 34.8 Å². The molecule has 0 atom stereocenters. The van der Waals surface area contributed by atoms with Crippen molar-refractivity contribution >= 4 is 33.0 Å². The summed E-state index contributed by atoms with van der Waals surface area (Å²) in [6.07, 6.45) is 0.671. The highest BCUT2D eigenvalue weighted by molar-refractivity contribution is 9.10. The lowest BCUT2D eigenvalue weighted by atomic mass is 10.0. The molecule has 84 valence electrons. The quantitative estimate of drug-likeness (QED) is 0.797. The summed E-state index contributed by atoms with van der Waals surface area (Å²) in [6, 6.07) is 8.92. The second-order valence-corrected chi connectivity index (χ2v) is 3.90. The van der Waals surface area contributed by atoms with Crippen LogP contribution in [0.1, 0.15) is 24.2 Å². The highest BCUT2D eigenvalue weighted by Gasteiger charge is 2.05. The third-order valence-electron chi connectivity index (χ3n) is 2.12. The van der Waals surface area contributed by atoms with Crippen molar-refractivity contribution < 1.29 is 9.90 Å². The number of aromatic hydroxyl groups is 1. The lowest BCUT2D eigenvalue weighted by Gasteiger charge is -2.03. The fourth-order valence-corrected chi connectivity index (χ4v) is 1.79. The van der Waals surface area contributed by atoms with Gasteiger partial charge in [-0.05, 0) is 29.0 Å². The Morgan fingerprint density at radius 1 is 1.19 bits per heavy atom. The van der Waals surface area contributed by atoms with E-state index in [0.717, 1.165) is 15.2 Å². The van der Waals surface area contributed by atoms with Gasteiger partial charge in [0.15, 0.2) is 6.29 Å². The summed E-state index contributed by atoms with van der Waals surface area (Å²) in [7, 11) is 0. The fourth-order valence-electron chi connectivity index (χ4n) is 1.43. The van der Waals surface area contributed by atoms with E-state index in [4.69, 9.17) is 0 Å². The molecule has 3 heteroatoms. The van der Waals surface area contributed by atoms with Crippen molar-refractivity contribution in [2.24, 2.45) is 0 Å². The third kappa shape index (κ3) is 2.42. The number of carbonyl (C=O) groups excluding carboxylic acids is 1. The number of benzene rings is 2. The Bertz CT molecular complexity index is 501. The van der Waals surface area contributed by atoms with Crippen molar-refractivity contribution in [2.75, 3.05) is 0 Å². The Hall–Kier alpha value is -1.35. The average Bonchev–Trinajstić information content (AvgIpc) is 2.31. The van der Waals surface area contributed by atoms with Gasteiger partial charge in [-0.3, -0.25) is 4.79 Å². The number of aldehydes is 1. The van der Waals surface area contributed by atoms with E-state index in [1.807, 2.05) is 32.0 Å². The molecule has 0 radical (unpaired) electrons. The molecule has 2 nitrogen and oxygen atoms in total. The van der Waals surface area contributed by atoms with Crippen molar-refractivity contribution in [3.8, 4) is 5.75 Å². The number of fused-ring (bicyclic) bond motifs is 1. The van der Waals surface area contributed by atoms with Crippen LogP contribution in [0.2, 0.25) is 0 Å². The lowest BCUT2D eigenvalue weighted by molar-refractivity contribution is 0.112. The molecule has 0 fully saturated rings. The molecule has 2 aromatic carbocycles.